The van der Waals surface area contributed by atoms with Crippen LogP contribution in [0.25, 0.3) is 11.4 Å². The molecule has 5 nitrogen and oxygen atoms in total. The zero-order valence-corrected chi connectivity index (χ0v) is 18.0. The lowest BCUT2D eigenvalue weighted by Gasteiger charge is -2.24. The molecule has 1 aliphatic carbocycles. The molecule has 0 radical (unpaired) electrons. The van der Waals surface area contributed by atoms with Crippen LogP contribution in [0.4, 0.5) is 10.8 Å². The van der Waals surface area contributed by atoms with E-state index < -0.39 is 0 Å². The van der Waals surface area contributed by atoms with E-state index >= 15 is 0 Å². The molecule has 3 aromatic rings. The second-order valence-electron chi connectivity index (χ2n) is 7.68. The van der Waals surface area contributed by atoms with Crippen molar-refractivity contribution < 1.29 is 4.79 Å². The largest absolute Gasteiger partial charge is 0.366 e. The molecule has 1 aromatic carbocycles. The first-order valence-electron chi connectivity index (χ1n) is 9.99. The molecule has 4 rings (SSSR count). The third-order valence-corrected chi connectivity index (χ3v) is 6.67. The van der Waals surface area contributed by atoms with Crippen LogP contribution >= 0.6 is 22.9 Å². The molecule has 7 heteroatoms. The number of hydrogen-bond donors (Lipinski definition) is 2. The lowest BCUT2D eigenvalue weighted by molar-refractivity contribution is 0.0999. The van der Waals surface area contributed by atoms with E-state index in [0.717, 1.165) is 34.4 Å². The summed E-state index contributed by atoms with van der Waals surface area (Å²) in [4.78, 5) is 16.7. The number of amides is 1. The van der Waals surface area contributed by atoms with Gasteiger partial charge >= 0.3 is 0 Å². The van der Waals surface area contributed by atoms with Crippen molar-refractivity contribution in [3.05, 3.63) is 52.0 Å². The summed E-state index contributed by atoms with van der Waals surface area (Å²) in [6.07, 6.45) is 6.38. The van der Waals surface area contributed by atoms with Crippen LogP contribution in [-0.2, 0) is 6.54 Å². The Balaban J connectivity index is 1.63. The highest BCUT2D eigenvalue weighted by Gasteiger charge is 2.22. The van der Waals surface area contributed by atoms with Gasteiger partial charge in [0.1, 0.15) is 0 Å². The van der Waals surface area contributed by atoms with E-state index in [0.29, 0.717) is 16.5 Å². The fraction of sp³-hybridized carbons (Fsp3) is 0.364. The Bertz CT molecular complexity index is 1000. The Morgan fingerprint density at radius 2 is 2.00 bits per heavy atom. The van der Waals surface area contributed by atoms with E-state index in [4.69, 9.17) is 22.3 Å². The number of nitrogens with two attached hydrogens (primary N) is 1. The van der Waals surface area contributed by atoms with E-state index in [1.165, 1.54) is 43.4 Å². The average molecular weight is 429 g/mol. The summed E-state index contributed by atoms with van der Waals surface area (Å²) < 4.78 is 2.23. The number of aromatic nitrogens is 2. The number of anilines is 2. The third kappa shape index (κ3) is 4.49. The van der Waals surface area contributed by atoms with E-state index in [2.05, 4.69) is 9.88 Å². The van der Waals surface area contributed by atoms with Crippen molar-refractivity contribution >= 4 is 39.7 Å². The normalized spacial score (nSPS) is 14.8. The number of nitrogens with one attached hydrogen (secondary N) is 1. The topological polar surface area (TPSA) is 72.9 Å². The Kier molecular flexibility index (Phi) is 5.92. The van der Waals surface area contributed by atoms with Crippen LogP contribution in [0.15, 0.2) is 35.7 Å². The summed E-state index contributed by atoms with van der Waals surface area (Å²) in [5.41, 5.74) is 9.89. The van der Waals surface area contributed by atoms with Crippen molar-refractivity contribution in [2.45, 2.75) is 45.6 Å². The first kappa shape index (κ1) is 20.0. The summed E-state index contributed by atoms with van der Waals surface area (Å²) in [6.45, 7) is 2.89. The maximum atomic E-state index is 12.0. The van der Waals surface area contributed by atoms with Gasteiger partial charge in [-0.3, -0.25) is 4.79 Å². The molecule has 0 saturated heterocycles. The molecule has 2 aromatic heterocycles. The molecule has 29 heavy (non-hydrogen) atoms. The van der Waals surface area contributed by atoms with Gasteiger partial charge in [0.05, 0.1) is 17.0 Å². The molecule has 0 aliphatic heterocycles. The molecule has 2 heterocycles. The molecule has 1 saturated carbocycles. The van der Waals surface area contributed by atoms with Crippen LogP contribution in [0.2, 0.25) is 5.02 Å². The number of primary amides is 1. The van der Waals surface area contributed by atoms with Gasteiger partial charge in [0, 0.05) is 28.3 Å². The van der Waals surface area contributed by atoms with E-state index in [-0.39, 0.29) is 5.91 Å². The first-order chi connectivity index (χ1) is 14.0. The second-order valence-corrected chi connectivity index (χ2v) is 8.97. The molecule has 3 N–H and O–H groups in total. The third-order valence-electron chi connectivity index (χ3n) is 5.66. The fourth-order valence-electron chi connectivity index (χ4n) is 4.08. The van der Waals surface area contributed by atoms with Crippen molar-refractivity contribution in [3.63, 3.8) is 0 Å². The lowest BCUT2D eigenvalue weighted by atomic mass is 9.89. The van der Waals surface area contributed by atoms with Crippen LogP contribution in [0.5, 0.6) is 0 Å². The lowest BCUT2D eigenvalue weighted by Crippen LogP contribution is -2.17. The molecule has 1 aliphatic rings. The standard InChI is InChI=1S/C22H25ClN4OS/c1-14-18(21(24)28)11-20(27(14)12-15-5-3-2-4-6-15)19-13-29-22(26-19)25-17-9-7-16(23)8-10-17/h7-11,13,15H,2-6,12H2,1H3,(H2,24,28)(H,25,26). The van der Waals surface area contributed by atoms with Gasteiger partial charge in [0.2, 0.25) is 0 Å². The predicted molar refractivity (Wildman–Crippen MR) is 120 cm³/mol. The van der Waals surface area contributed by atoms with Gasteiger partial charge in [-0.25, -0.2) is 4.98 Å². The quantitative estimate of drug-likeness (QED) is 0.505. The molecule has 0 bridgehead atoms. The van der Waals surface area contributed by atoms with Gasteiger partial charge in [0.15, 0.2) is 5.13 Å². The highest BCUT2D eigenvalue weighted by atomic mass is 35.5. The molecule has 0 spiro atoms. The van der Waals surface area contributed by atoms with Gasteiger partial charge < -0.3 is 15.6 Å². The molecule has 152 valence electrons. The minimum Gasteiger partial charge on any atom is -0.366 e. The summed E-state index contributed by atoms with van der Waals surface area (Å²) in [7, 11) is 0. The van der Waals surface area contributed by atoms with Crippen molar-refractivity contribution in [3.8, 4) is 11.4 Å². The van der Waals surface area contributed by atoms with E-state index in [1.54, 1.807) is 0 Å². The maximum absolute atomic E-state index is 12.0. The van der Waals surface area contributed by atoms with E-state index in [1.807, 2.05) is 42.6 Å². The SMILES string of the molecule is Cc1c(C(N)=O)cc(-c2csc(Nc3ccc(Cl)cc3)n2)n1CC1CCCCC1. The van der Waals surface area contributed by atoms with Crippen LogP contribution in [-0.4, -0.2) is 15.5 Å². The number of nitrogens with zero attached hydrogens (tertiary/aromatic N) is 2. The monoisotopic (exact) mass is 428 g/mol. The zero-order chi connectivity index (χ0) is 20.4. The van der Waals surface area contributed by atoms with Crippen molar-refractivity contribution in [2.75, 3.05) is 5.32 Å². The van der Waals surface area contributed by atoms with Gasteiger partial charge in [0.25, 0.3) is 5.91 Å². The Morgan fingerprint density at radius 3 is 2.69 bits per heavy atom. The number of hydrogen-bond acceptors (Lipinski definition) is 4. The second kappa shape index (κ2) is 8.59. The number of rotatable bonds is 6. The number of halogens is 1. The van der Waals surface area contributed by atoms with Crippen LogP contribution in [0.1, 0.15) is 48.2 Å². The number of benzene rings is 1. The smallest absolute Gasteiger partial charge is 0.250 e. The Labute approximate surface area is 179 Å². The van der Waals surface area contributed by atoms with Crippen LogP contribution in [0.3, 0.4) is 0 Å². The van der Waals surface area contributed by atoms with E-state index in [9.17, 15) is 4.79 Å². The summed E-state index contributed by atoms with van der Waals surface area (Å²) in [5, 5.41) is 6.83. The molecule has 1 amide bonds. The molecule has 1 fully saturated rings. The van der Waals surface area contributed by atoms with Gasteiger partial charge in [-0.2, -0.15) is 0 Å². The highest BCUT2D eigenvalue weighted by molar-refractivity contribution is 7.14. The Morgan fingerprint density at radius 1 is 1.28 bits per heavy atom. The minimum atomic E-state index is -0.388. The number of thiazole rings is 1. The van der Waals surface area contributed by atoms with Crippen LogP contribution in [0, 0.1) is 12.8 Å². The van der Waals surface area contributed by atoms with Gasteiger partial charge in [-0.15, -0.1) is 11.3 Å². The first-order valence-corrected chi connectivity index (χ1v) is 11.3. The van der Waals surface area contributed by atoms with Crippen molar-refractivity contribution in [1.82, 2.24) is 9.55 Å². The number of carbonyl (C=O) groups excluding carboxylic acids is 1. The molecular weight excluding hydrogens is 404 g/mol. The summed E-state index contributed by atoms with van der Waals surface area (Å²) in [5.74, 6) is 0.250. The molecular formula is C22H25ClN4OS. The molecule has 0 unspecified atom stereocenters. The minimum absolute atomic E-state index is 0.388. The fourth-order valence-corrected chi connectivity index (χ4v) is 4.93. The van der Waals surface area contributed by atoms with Crippen LogP contribution < -0.4 is 11.1 Å². The Hall–Kier alpha value is -2.31. The average Bonchev–Trinajstić information content (AvgIpc) is 3.29. The number of carbonyl (C=O) groups is 1. The predicted octanol–water partition coefficient (Wildman–Crippen LogP) is 6.00. The van der Waals surface area contributed by atoms with Crippen molar-refractivity contribution in [2.24, 2.45) is 11.7 Å². The zero-order valence-electron chi connectivity index (χ0n) is 16.5. The summed E-state index contributed by atoms with van der Waals surface area (Å²) >= 11 is 7.49. The highest BCUT2D eigenvalue weighted by Crippen LogP contribution is 2.33. The van der Waals surface area contributed by atoms with Gasteiger partial charge in [-0.1, -0.05) is 30.9 Å². The maximum Gasteiger partial charge on any atom is 0.250 e. The molecule has 0 atom stereocenters. The van der Waals surface area contributed by atoms with Crippen molar-refractivity contribution in [1.29, 1.82) is 0 Å². The van der Waals surface area contributed by atoms with Gasteiger partial charge in [-0.05, 0) is 56.0 Å². The summed E-state index contributed by atoms with van der Waals surface area (Å²) in [6, 6.07) is 9.42.